The molecule has 1 heterocycles. The summed E-state index contributed by atoms with van der Waals surface area (Å²) in [5, 5.41) is 3.73. The Morgan fingerprint density at radius 2 is 2.28 bits per heavy atom. The number of hydrogen-bond acceptors (Lipinski definition) is 3. The van der Waals surface area contributed by atoms with Crippen molar-refractivity contribution in [1.29, 1.82) is 0 Å². The molecular formula is C14H17NO3. The summed E-state index contributed by atoms with van der Waals surface area (Å²) >= 11 is 0. The van der Waals surface area contributed by atoms with E-state index in [4.69, 9.17) is 9.15 Å². The summed E-state index contributed by atoms with van der Waals surface area (Å²) < 4.78 is 10.7. The predicted octanol–water partition coefficient (Wildman–Crippen LogP) is 2.51. The van der Waals surface area contributed by atoms with Crippen LogP contribution in [-0.4, -0.2) is 19.6 Å². The molecule has 1 N–H and O–H groups in total. The van der Waals surface area contributed by atoms with Crippen LogP contribution in [0.15, 0.2) is 28.9 Å². The lowest BCUT2D eigenvalue weighted by molar-refractivity contribution is -0.120. The third-order valence-corrected chi connectivity index (χ3v) is 2.78. The summed E-state index contributed by atoms with van der Waals surface area (Å²) in [6, 6.07) is 5.60. The second-order valence-corrected chi connectivity index (χ2v) is 4.12. The molecule has 0 saturated carbocycles. The number of fused-ring (bicyclic) bond motifs is 1. The van der Waals surface area contributed by atoms with Gasteiger partial charge in [-0.15, -0.1) is 0 Å². The fourth-order valence-electron chi connectivity index (χ4n) is 1.92. The number of benzene rings is 1. The minimum Gasteiger partial charge on any atom is -0.496 e. The van der Waals surface area contributed by atoms with Crippen molar-refractivity contribution in [2.24, 2.45) is 0 Å². The summed E-state index contributed by atoms with van der Waals surface area (Å²) in [4.78, 5) is 11.7. The van der Waals surface area contributed by atoms with E-state index in [1.807, 2.05) is 25.1 Å². The van der Waals surface area contributed by atoms with Gasteiger partial charge in [0, 0.05) is 12.1 Å². The van der Waals surface area contributed by atoms with Gasteiger partial charge in [-0.1, -0.05) is 13.0 Å². The van der Waals surface area contributed by atoms with Crippen LogP contribution in [0.3, 0.4) is 0 Å². The molecule has 18 heavy (non-hydrogen) atoms. The van der Waals surface area contributed by atoms with E-state index in [-0.39, 0.29) is 5.91 Å². The summed E-state index contributed by atoms with van der Waals surface area (Å²) in [5.41, 5.74) is 1.60. The van der Waals surface area contributed by atoms with Crippen LogP contribution in [0, 0.1) is 0 Å². The number of methoxy groups -OCH3 is 1. The molecule has 0 aliphatic carbocycles. The van der Waals surface area contributed by atoms with Crippen LogP contribution in [0.2, 0.25) is 0 Å². The molecule has 0 spiro atoms. The van der Waals surface area contributed by atoms with E-state index in [0.717, 1.165) is 28.7 Å². The van der Waals surface area contributed by atoms with Gasteiger partial charge in [0.25, 0.3) is 0 Å². The van der Waals surface area contributed by atoms with E-state index < -0.39 is 0 Å². The Balaban J connectivity index is 2.25. The van der Waals surface area contributed by atoms with E-state index >= 15 is 0 Å². The van der Waals surface area contributed by atoms with Gasteiger partial charge in [0.05, 0.1) is 25.2 Å². The van der Waals surface area contributed by atoms with Crippen molar-refractivity contribution in [1.82, 2.24) is 5.32 Å². The van der Waals surface area contributed by atoms with Gasteiger partial charge < -0.3 is 14.5 Å². The molecule has 0 fully saturated rings. The van der Waals surface area contributed by atoms with Crippen molar-refractivity contribution in [3.05, 3.63) is 30.0 Å². The molecule has 0 bridgehead atoms. The van der Waals surface area contributed by atoms with Crippen LogP contribution in [0.25, 0.3) is 11.0 Å². The molecule has 0 aliphatic rings. The van der Waals surface area contributed by atoms with Crippen LogP contribution >= 0.6 is 0 Å². The summed E-state index contributed by atoms with van der Waals surface area (Å²) in [6.07, 6.45) is 2.87. The number of rotatable bonds is 5. The van der Waals surface area contributed by atoms with Gasteiger partial charge in [-0.2, -0.15) is 0 Å². The van der Waals surface area contributed by atoms with Crippen molar-refractivity contribution >= 4 is 16.9 Å². The number of ether oxygens (including phenoxy) is 1. The maximum atomic E-state index is 11.7. The molecule has 0 atom stereocenters. The van der Waals surface area contributed by atoms with E-state index in [1.54, 1.807) is 13.4 Å². The van der Waals surface area contributed by atoms with Crippen molar-refractivity contribution in [2.75, 3.05) is 13.7 Å². The fourth-order valence-corrected chi connectivity index (χ4v) is 1.92. The Bertz CT molecular complexity index is 545. The summed E-state index contributed by atoms with van der Waals surface area (Å²) in [5.74, 6) is 0.741. The Kier molecular flexibility index (Phi) is 3.87. The minimum absolute atomic E-state index is 0.00505. The van der Waals surface area contributed by atoms with Gasteiger partial charge in [0.2, 0.25) is 5.91 Å². The van der Waals surface area contributed by atoms with E-state index in [9.17, 15) is 4.79 Å². The predicted molar refractivity (Wildman–Crippen MR) is 69.8 cm³/mol. The lowest BCUT2D eigenvalue weighted by Gasteiger charge is -2.04. The monoisotopic (exact) mass is 247 g/mol. The highest BCUT2D eigenvalue weighted by atomic mass is 16.5. The minimum atomic E-state index is 0.00505. The lowest BCUT2D eigenvalue weighted by Crippen LogP contribution is -2.25. The average Bonchev–Trinajstić information content (AvgIpc) is 2.79. The number of furan rings is 1. The molecule has 96 valence electrons. The smallest absolute Gasteiger partial charge is 0.224 e. The largest absolute Gasteiger partial charge is 0.496 e. The zero-order valence-electron chi connectivity index (χ0n) is 10.7. The molecule has 0 radical (unpaired) electrons. The molecule has 2 aromatic rings. The Labute approximate surface area is 106 Å². The lowest BCUT2D eigenvalue weighted by atomic mass is 10.1. The first kappa shape index (κ1) is 12.5. The van der Waals surface area contributed by atoms with Crippen LogP contribution in [0.5, 0.6) is 5.75 Å². The molecule has 0 aliphatic heterocycles. The van der Waals surface area contributed by atoms with E-state index in [1.165, 1.54) is 0 Å². The standard InChI is InChI=1S/C14H17NO3/c1-3-7-15-13(16)8-10-9-18-12-6-4-5-11(17-2)14(10)12/h4-6,9H,3,7-8H2,1-2H3,(H,15,16). The third-order valence-electron chi connectivity index (χ3n) is 2.78. The zero-order chi connectivity index (χ0) is 13.0. The zero-order valence-corrected chi connectivity index (χ0v) is 10.7. The maximum Gasteiger partial charge on any atom is 0.224 e. The molecule has 2 rings (SSSR count). The van der Waals surface area contributed by atoms with Gasteiger partial charge in [0.15, 0.2) is 0 Å². The van der Waals surface area contributed by atoms with Crippen LogP contribution in [0.1, 0.15) is 18.9 Å². The fraction of sp³-hybridized carbons (Fsp3) is 0.357. The van der Waals surface area contributed by atoms with Crippen LogP contribution in [0.4, 0.5) is 0 Å². The number of nitrogens with one attached hydrogen (secondary N) is 1. The van der Waals surface area contributed by atoms with Crippen molar-refractivity contribution in [3.63, 3.8) is 0 Å². The molecule has 0 unspecified atom stereocenters. The Hall–Kier alpha value is -1.97. The molecule has 4 heteroatoms. The van der Waals surface area contributed by atoms with Gasteiger partial charge in [0.1, 0.15) is 11.3 Å². The molecule has 1 aromatic heterocycles. The van der Waals surface area contributed by atoms with Crippen LogP contribution < -0.4 is 10.1 Å². The normalized spacial score (nSPS) is 10.6. The topological polar surface area (TPSA) is 51.5 Å². The van der Waals surface area contributed by atoms with Gasteiger partial charge in [-0.05, 0) is 18.6 Å². The van der Waals surface area contributed by atoms with Gasteiger partial charge in [-0.25, -0.2) is 0 Å². The second-order valence-electron chi connectivity index (χ2n) is 4.12. The van der Waals surface area contributed by atoms with E-state index in [2.05, 4.69) is 5.32 Å². The van der Waals surface area contributed by atoms with Crippen molar-refractivity contribution < 1.29 is 13.9 Å². The first-order valence-electron chi connectivity index (χ1n) is 6.06. The van der Waals surface area contributed by atoms with Crippen molar-refractivity contribution in [3.8, 4) is 5.75 Å². The molecule has 4 nitrogen and oxygen atoms in total. The number of carbonyl (C=O) groups excluding carboxylic acids is 1. The van der Waals surface area contributed by atoms with Crippen molar-refractivity contribution in [2.45, 2.75) is 19.8 Å². The Morgan fingerprint density at radius 3 is 3.00 bits per heavy atom. The molecule has 1 amide bonds. The van der Waals surface area contributed by atoms with Gasteiger partial charge >= 0.3 is 0 Å². The SMILES string of the molecule is CCCNC(=O)Cc1coc2cccc(OC)c12. The Morgan fingerprint density at radius 1 is 1.44 bits per heavy atom. The highest BCUT2D eigenvalue weighted by Gasteiger charge is 2.13. The third kappa shape index (κ3) is 2.47. The first-order valence-corrected chi connectivity index (χ1v) is 6.06. The average molecular weight is 247 g/mol. The first-order chi connectivity index (χ1) is 8.76. The molecular weight excluding hydrogens is 230 g/mol. The maximum absolute atomic E-state index is 11.7. The van der Waals surface area contributed by atoms with E-state index in [0.29, 0.717) is 13.0 Å². The van der Waals surface area contributed by atoms with Gasteiger partial charge in [-0.3, -0.25) is 4.79 Å². The van der Waals surface area contributed by atoms with Crippen LogP contribution in [-0.2, 0) is 11.2 Å². The quantitative estimate of drug-likeness (QED) is 0.883. The second kappa shape index (κ2) is 5.58. The number of carbonyl (C=O) groups is 1. The number of hydrogen-bond donors (Lipinski definition) is 1. The summed E-state index contributed by atoms with van der Waals surface area (Å²) in [7, 11) is 1.61. The number of amides is 1. The summed E-state index contributed by atoms with van der Waals surface area (Å²) in [6.45, 7) is 2.72. The highest BCUT2D eigenvalue weighted by molar-refractivity contribution is 5.91. The molecule has 1 aromatic carbocycles. The molecule has 0 saturated heterocycles. The highest BCUT2D eigenvalue weighted by Crippen LogP contribution is 2.30.